The van der Waals surface area contributed by atoms with Gasteiger partial charge in [0, 0.05) is 11.8 Å². The molecule has 1 atom stereocenters. The van der Waals surface area contributed by atoms with Crippen molar-refractivity contribution in [3.63, 3.8) is 0 Å². The van der Waals surface area contributed by atoms with Crippen LogP contribution in [0.2, 0.25) is 0 Å². The molecule has 3 N–H and O–H groups in total. The van der Waals surface area contributed by atoms with Crippen molar-refractivity contribution in [1.29, 1.82) is 0 Å². The van der Waals surface area contributed by atoms with Crippen molar-refractivity contribution in [2.45, 2.75) is 26.3 Å². The molecule has 1 heterocycles. The van der Waals surface area contributed by atoms with E-state index in [1.165, 1.54) is 5.56 Å². The van der Waals surface area contributed by atoms with Gasteiger partial charge in [-0.3, -0.25) is 5.84 Å². The van der Waals surface area contributed by atoms with Gasteiger partial charge in [-0.1, -0.05) is 44.2 Å². The summed E-state index contributed by atoms with van der Waals surface area (Å²) in [6.45, 7) is 4.44. The van der Waals surface area contributed by atoms with Gasteiger partial charge in [0.2, 0.25) is 5.88 Å². The van der Waals surface area contributed by atoms with Gasteiger partial charge in [-0.15, -0.1) is 0 Å². The van der Waals surface area contributed by atoms with Gasteiger partial charge in [-0.05, 0) is 29.5 Å². The standard InChI is InChI=1S/C17H23N3O/c1-12(2)10-13-6-4-7-14(11-13)16(20-18)15-8-5-9-19-17(15)21-3/h4-9,11-12,16,20H,10,18H2,1-3H3. The summed E-state index contributed by atoms with van der Waals surface area (Å²) in [7, 11) is 1.62. The summed E-state index contributed by atoms with van der Waals surface area (Å²) in [5, 5.41) is 0. The van der Waals surface area contributed by atoms with E-state index in [-0.39, 0.29) is 6.04 Å². The van der Waals surface area contributed by atoms with E-state index in [4.69, 9.17) is 10.6 Å². The number of benzene rings is 1. The predicted octanol–water partition coefficient (Wildman–Crippen LogP) is 2.84. The van der Waals surface area contributed by atoms with E-state index < -0.39 is 0 Å². The molecule has 112 valence electrons. The third kappa shape index (κ3) is 3.80. The van der Waals surface area contributed by atoms with Gasteiger partial charge in [-0.2, -0.15) is 0 Å². The van der Waals surface area contributed by atoms with Crippen molar-refractivity contribution in [3.8, 4) is 5.88 Å². The maximum Gasteiger partial charge on any atom is 0.218 e. The summed E-state index contributed by atoms with van der Waals surface area (Å²) < 4.78 is 5.34. The number of hydrogen-bond acceptors (Lipinski definition) is 4. The first-order valence-corrected chi connectivity index (χ1v) is 7.19. The van der Waals surface area contributed by atoms with E-state index >= 15 is 0 Å². The average molecular weight is 285 g/mol. The molecule has 0 aliphatic carbocycles. The monoisotopic (exact) mass is 285 g/mol. The Bertz CT molecular complexity index is 584. The van der Waals surface area contributed by atoms with Gasteiger partial charge in [0.15, 0.2) is 0 Å². The lowest BCUT2D eigenvalue weighted by Gasteiger charge is -2.19. The molecule has 1 aromatic heterocycles. The van der Waals surface area contributed by atoms with E-state index in [1.54, 1.807) is 13.3 Å². The van der Waals surface area contributed by atoms with E-state index in [1.807, 2.05) is 12.1 Å². The quantitative estimate of drug-likeness (QED) is 0.633. The smallest absolute Gasteiger partial charge is 0.218 e. The molecule has 0 amide bonds. The highest BCUT2D eigenvalue weighted by Crippen LogP contribution is 2.28. The SMILES string of the molecule is COc1ncccc1C(NN)c1cccc(CC(C)C)c1. The molecule has 21 heavy (non-hydrogen) atoms. The zero-order valence-corrected chi connectivity index (χ0v) is 12.8. The topological polar surface area (TPSA) is 60.2 Å². The number of hydrogen-bond donors (Lipinski definition) is 2. The van der Waals surface area contributed by atoms with E-state index in [0.29, 0.717) is 11.8 Å². The first-order valence-electron chi connectivity index (χ1n) is 7.19. The van der Waals surface area contributed by atoms with Crippen molar-refractivity contribution in [2.75, 3.05) is 7.11 Å². The molecule has 1 aromatic carbocycles. The van der Waals surface area contributed by atoms with Crippen LogP contribution in [-0.2, 0) is 6.42 Å². The fourth-order valence-corrected chi connectivity index (χ4v) is 2.53. The Morgan fingerprint density at radius 3 is 2.71 bits per heavy atom. The van der Waals surface area contributed by atoms with Crippen LogP contribution in [-0.4, -0.2) is 12.1 Å². The molecule has 0 saturated carbocycles. The Hall–Kier alpha value is -1.91. The maximum atomic E-state index is 5.78. The first-order chi connectivity index (χ1) is 10.2. The molecule has 0 bridgehead atoms. The van der Waals surface area contributed by atoms with Crippen LogP contribution in [0.15, 0.2) is 42.6 Å². The number of nitrogens with two attached hydrogens (primary N) is 1. The Morgan fingerprint density at radius 2 is 2.05 bits per heavy atom. The largest absolute Gasteiger partial charge is 0.481 e. The van der Waals surface area contributed by atoms with Gasteiger partial charge in [0.05, 0.1) is 13.2 Å². The lowest BCUT2D eigenvalue weighted by atomic mass is 9.95. The van der Waals surface area contributed by atoms with E-state index in [9.17, 15) is 0 Å². The number of aromatic nitrogens is 1. The molecule has 0 aliphatic heterocycles. The van der Waals surface area contributed by atoms with Crippen LogP contribution in [0.1, 0.15) is 36.6 Å². The Morgan fingerprint density at radius 1 is 1.24 bits per heavy atom. The molecule has 2 rings (SSSR count). The van der Waals surface area contributed by atoms with Gasteiger partial charge in [0.1, 0.15) is 0 Å². The first kappa shape index (κ1) is 15.5. The molecule has 0 spiro atoms. The molecule has 1 unspecified atom stereocenters. The molecule has 0 fully saturated rings. The second kappa shape index (κ2) is 7.20. The zero-order chi connectivity index (χ0) is 15.2. The highest BCUT2D eigenvalue weighted by Gasteiger charge is 2.17. The number of rotatable bonds is 6. The molecule has 0 aliphatic rings. The highest BCUT2D eigenvalue weighted by molar-refractivity contribution is 5.38. The summed E-state index contributed by atoms with van der Waals surface area (Å²) >= 11 is 0. The maximum absolute atomic E-state index is 5.78. The number of nitrogens with zero attached hydrogens (tertiary/aromatic N) is 1. The highest BCUT2D eigenvalue weighted by atomic mass is 16.5. The van der Waals surface area contributed by atoms with Crippen LogP contribution in [0.5, 0.6) is 5.88 Å². The molecular weight excluding hydrogens is 262 g/mol. The van der Waals surface area contributed by atoms with Crippen LogP contribution in [0, 0.1) is 5.92 Å². The number of hydrazine groups is 1. The Kier molecular flexibility index (Phi) is 5.31. The molecule has 0 radical (unpaired) electrons. The van der Waals surface area contributed by atoms with Gasteiger partial charge < -0.3 is 4.74 Å². The molecule has 0 saturated heterocycles. The lowest BCUT2D eigenvalue weighted by Crippen LogP contribution is -2.29. The van der Waals surface area contributed by atoms with Gasteiger partial charge in [-0.25, -0.2) is 10.4 Å². The number of pyridine rings is 1. The van der Waals surface area contributed by atoms with Crippen molar-refractivity contribution in [3.05, 3.63) is 59.3 Å². The fourth-order valence-electron chi connectivity index (χ4n) is 2.53. The third-order valence-electron chi connectivity index (χ3n) is 3.40. The second-order valence-electron chi connectivity index (χ2n) is 5.54. The van der Waals surface area contributed by atoms with Crippen molar-refractivity contribution in [1.82, 2.24) is 10.4 Å². The van der Waals surface area contributed by atoms with Crippen molar-refractivity contribution < 1.29 is 4.74 Å². The van der Waals surface area contributed by atoms with E-state index in [2.05, 4.69) is 48.5 Å². The normalized spacial score (nSPS) is 12.4. The minimum atomic E-state index is -0.138. The zero-order valence-electron chi connectivity index (χ0n) is 12.8. The van der Waals surface area contributed by atoms with Crippen LogP contribution >= 0.6 is 0 Å². The molecule has 2 aromatic rings. The second-order valence-corrected chi connectivity index (χ2v) is 5.54. The third-order valence-corrected chi connectivity index (χ3v) is 3.40. The summed E-state index contributed by atoms with van der Waals surface area (Å²) in [5.41, 5.74) is 6.23. The lowest BCUT2D eigenvalue weighted by molar-refractivity contribution is 0.387. The summed E-state index contributed by atoms with van der Waals surface area (Å²) in [5.74, 6) is 6.99. The van der Waals surface area contributed by atoms with Crippen molar-refractivity contribution in [2.24, 2.45) is 11.8 Å². The van der Waals surface area contributed by atoms with Gasteiger partial charge in [0.25, 0.3) is 0 Å². The van der Waals surface area contributed by atoms with Crippen LogP contribution in [0.3, 0.4) is 0 Å². The molecule has 4 nitrogen and oxygen atoms in total. The van der Waals surface area contributed by atoms with Crippen LogP contribution < -0.4 is 16.0 Å². The number of methoxy groups -OCH3 is 1. The Labute approximate surface area is 126 Å². The summed E-state index contributed by atoms with van der Waals surface area (Å²) in [6, 6.07) is 12.2. The molecule has 4 heteroatoms. The Balaban J connectivity index is 2.37. The van der Waals surface area contributed by atoms with Crippen molar-refractivity contribution >= 4 is 0 Å². The number of nitrogens with one attached hydrogen (secondary N) is 1. The fraction of sp³-hybridized carbons (Fsp3) is 0.353. The minimum absolute atomic E-state index is 0.138. The molecular formula is C17H23N3O. The summed E-state index contributed by atoms with van der Waals surface area (Å²) in [4.78, 5) is 4.24. The summed E-state index contributed by atoms with van der Waals surface area (Å²) in [6.07, 6.45) is 2.76. The minimum Gasteiger partial charge on any atom is -0.481 e. The van der Waals surface area contributed by atoms with Crippen LogP contribution in [0.4, 0.5) is 0 Å². The average Bonchev–Trinajstić information content (AvgIpc) is 2.48. The van der Waals surface area contributed by atoms with Crippen LogP contribution in [0.25, 0.3) is 0 Å². The predicted molar refractivity (Wildman–Crippen MR) is 84.9 cm³/mol. The van der Waals surface area contributed by atoms with Gasteiger partial charge >= 0.3 is 0 Å². The number of ether oxygens (including phenoxy) is 1. The van der Waals surface area contributed by atoms with E-state index in [0.717, 1.165) is 17.5 Å².